The average Bonchev–Trinajstić information content (AvgIpc) is 3.10. The number of ether oxygens (including phenoxy) is 1. The van der Waals surface area contributed by atoms with Crippen LogP contribution in [0, 0.1) is 17.5 Å². The maximum Gasteiger partial charge on any atom is 0.337 e. The van der Waals surface area contributed by atoms with Crippen LogP contribution in [0.15, 0.2) is 42.5 Å². The number of nitrogens with two attached hydrogens (primary N) is 1. The molecule has 3 aromatic carbocycles. The number of primary amides is 1. The summed E-state index contributed by atoms with van der Waals surface area (Å²) in [6, 6.07) is 9.49. The Morgan fingerprint density at radius 2 is 1.82 bits per heavy atom. The van der Waals surface area contributed by atoms with Gasteiger partial charge in [0.15, 0.2) is 11.6 Å². The standard InChI is InChI=1S/C25H21F3N2O4/c1-2-4-13-7-19-23(20(8-13)34-21(32)12-31)22-16(25(29)33)5-3-6-18(22)30(19)11-14-9-15(26)10-17(27)24(14)28/h3,5-10,31H,2,4,11-12H2,1H3,(H2,29,33). The second kappa shape index (κ2) is 9.18. The first-order valence-electron chi connectivity index (χ1n) is 10.6. The second-order valence-corrected chi connectivity index (χ2v) is 7.88. The number of amides is 1. The highest BCUT2D eigenvalue weighted by molar-refractivity contribution is 6.20. The van der Waals surface area contributed by atoms with E-state index in [-0.39, 0.29) is 23.4 Å². The lowest BCUT2D eigenvalue weighted by Gasteiger charge is -2.12. The first kappa shape index (κ1) is 23.3. The summed E-state index contributed by atoms with van der Waals surface area (Å²) >= 11 is 0. The van der Waals surface area contributed by atoms with Crippen LogP contribution in [0.3, 0.4) is 0 Å². The molecule has 4 aromatic rings. The molecule has 34 heavy (non-hydrogen) atoms. The van der Waals surface area contributed by atoms with Crippen molar-refractivity contribution in [3.05, 3.63) is 76.6 Å². The van der Waals surface area contributed by atoms with Gasteiger partial charge in [0.25, 0.3) is 0 Å². The van der Waals surface area contributed by atoms with Crippen LogP contribution in [-0.2, 0) is 17.8 Å². The molecule has 176 valence electrons. The largest absolute Gasteiger partial charge is 0.424 e. The first-order chi connectivity index (χ1) is 16.2. The molecule has 0 atom stereocenters. The van der Waals surface area contributed by atoms with Gasteiger partial charge in [0, 0.05) is 22.6 Å². The molecule has 6 nitrogen and oxygen atoms in total. The molecular formula is C25H21F3N2O4. The van der Waals surface area contributed by atoms with Crippen LogP contribution in [0.25, 0.3) is 21.8 Å². The molecule has 0 aliphatic carbocycles. The molecule has 9 heteroatoms. The molecule has 4 rings (SSSR count). The molecule has 0 radical (unpaired) electrons. The van der Waals surface area contributed by atoms with Gasteiger partial charge in [0.1, 0.15) is 18.2 Å². The van der Waals surface area contributed by atoms with Crippen molar-refractivity contribution in [3.63, 3.8) is 0 Å². The molecule has 0 unspecified atom stereocenters. The van der Waals surface area contributed by atoms with Gasteiger partial charge in [0.2, 0.25) is 5.91 Å². The SMILES string of the molecule is CCCc1cc(OC(=O)CO)c2c3c(C(N)=O)cccc3n(Cc3cc(F)cc(F)c3F)c2c1. The highest BCUT2D eigenvalue weighted by Gasteiger charge is 2.23. The van der Waals surface area contributed by atoms with Gasteiger partial charge in [-0.3, -0.25) is 4.79 Å². The van der Waals surface area contributed by atoms with Crippen molar-refractivity contribution in [3.8, 4) is 5.75 Å². The predicted molar refractivity (Wildman–Crippen MR) is 120 cm³/mol. The summed E-state index contributed by atoms with van der Waals surface area (Å²) in [5.41, 5.74) is 7.11. The number of benzene rings is 3. The molecule has 1 aromatic heterocycles. The number of esters is 1. The van der Waals surface area contributed by atoms with E-state index in [4.69, 9.17) is 10.5 Å². The number of carbonyl (C=O) groups excluding carboxylic acids is 2. The van der Waals surface area contributed by atoms with Gasteiger partial charge in [-0.05, 0) is 42.3 Å². The van der Waals surface area contributed by atoms with Crippen LogP contribution in [-0.4, -0.2) is 28.2 Å². The second-order valence-electron chi connectivity index (χ2n) is 7.88. The first-order valence-corrected chi connectivity index (χ1v) is 10.6. The fourth-order valence-electron chi connectivity index (χ4n) is 4.22. The third kappa shape index (κ3) is 4.10. The Hall–Kier alpha value is -3.85. The van der Waals surface area contributed by atoms with Gasteiger partial charge in [0.05, 0.1) is 23.0 Å². The maximum absolute atomic E-state index is 14.6. The number of nitrogens with zero attached hydrogens (tertiary/aromatic N) is 1. The lowest BCUT2D eigenvalue weighted by Crippen LogP contribution is -2.13. The van der Waals surface area contributed by atoms with E-state index in [9.17, 15) is 27.9 Å². The van der Waals surface area contributed by atoms with Crippen molar-refractivity contribution in [1.82, 2.24) is 4.57 Å². The van der Waals surface area contributed by atoms with Crippen LogP contribution in [0.2, 0.25) is 0 Å². The Bertz CT molecular complexity index is 1450. The zero-order valence-electron chi connectivity index (χ0n) is 18.2. The van der Waals surface area contributed by atoms with E-state index in [2.05, 4.69) is 0 Å². The highest BCUT2D eigenvalue weighted by atomic mass is 19.2. The molecule has 0 fully saturated rings. The number of aryl methyl sites for hydroxylation is 1. The van der Waals surface area contributed by atoms with Crippen LogP contribution >= 0.6 is 0 Å². The molecular weight excluding hydrogens is 449 g/mol. The van der Waals surface area contributed by atoms with E-state index in [0.29, 0.717) is 34.3 Å². The van der Waals surface area contributed by atoms with Crippen molar-refractivity contribution < 1.29 is 32.6 Å². The Balaban J connectivity index is 2.11. The van der Waals surface area contributed by atoms with Crippen LogP contribution < -0.4 is 10.5 Å². The smallest absolute Gasteiger partial charge is 0.337 e. The number of aliphatic hydroxyl groups is 1. The van der Waals surface area contributed by atoms with Gasteiger partial charge in [-0.2, -0.15) is 0 Å². The zero-order valence-corrected chi connectivity index (χ0v) is 18.2. The molecule has 1 amide bonds. The normalized spacial score (nSPS) is 11.3. The fourth-order valence-corrected chi connectivity index (χ4v) is 4.22. The number of aromatic nitrogens is 1. The molecule has 0 spiro atoms. The average molecular weight is 470 g/mol. The Labute approximate surface area is 192 Å². The lowest BCUT2D eigenvalue weighted by molar-refractivity contribution is -0.137. The number of hydrogen-bond donors (Lipinski definition) is 2. The monoisotopic (exact) mass is 470 g/mol. The number of rotatable bonds is 7. The fraction of sp³-hybridized carbons (Fsp3) is 0.200. The third-order valence-electron chi connectivity index (χ3n) is 5.57. The van der Waals surface area contributed by atoms with Gasteiger partial charge in [-0.1, -0.05) is 19.4 Å². The van der Waals surface area contributed by atoms with Crippen LogP contribution in [0.1, 0.15) is 34.8 Å². The minimum Gasteiger partial charge on any atom is -0.424 e. The van der Waals surface area contributed by atoms with Crippen molar-refractivity contribution in [1.29, 1.82) is 0 Å². The lowest BCUT2D eigenvalue weighted by atomic mass is 10.0. The number of hydrogen-bond acceptors (Lipinski definition) is 4. The summed E-state index contributed by atoms with van der Waals surface area (Å²) in [5, 5.41) is 9.89. The van der Waals surface area contributed by atoms with Crippen molar-refractivity contribution >= 4 is 33.7 Å². The van der Waals surface area contributed by atoms with Gasteiger partial charge >= 0.3 is 5.97 Å². The number of fused-ring (bicyclic) bond motifs is 3. The number of carbonyl (C=O) groups is 2. The highest BCUT2D eigenvalue weighted by Crippen LogP contribution is 2.39. The van der Waals surface area contributed by atoms with E-state index >= 15 is 0 Å². The maximum atomic E-state index is 14.6. The molecule has 1 heterocycles. The molecule has 0 aliphatic heterocycles. The summed E-state index contributed by atoms with van der Waals surface area (Å²) in [4.78, 5) is 24.2. The van der Waals surface area contributed by atoms with Crippen molar-refractivity contribution in [2.45, 2.75) is 26.3 Å². The van der Waals surface area contributed by atoms with E-state index in [1.165, 1.54) is 6.07 Å². The van der Waals surface area contributed by atoms with Crippen molar-refractivity contribution in [2.24, 2.45) is 5.73 Å². The van der Waals surface area contributed by atoms with E-state index in [0.717, 1.165) is 18.1 Å². The zero-order chi connectivity index (χ0) is 24.6. The third-order valence-corrected chi connectivity index (χ3v) is 5.57. The van der Waals surface area contributed by atoms with Gasteiger partial charge in [-0.25, -0.2) is 18.0 Å². The van der Waals surface area contributed by atoms with Gasteiger partial charge in [-0.15, -0.1) is 0 Å². The van der Waals surface area contributed by atoms with E-state index in [1.807, 2.05) is 6.92 Å². The minimum absolute atomic E-state index is 0.0864. The quantitative estimate of drug-likeness (QED) is 0.240. The van der Waals surface area contributed by atoms with Crippen LogP contribution in [0.5, 0.6) is 5.75 Å². The Morgan fingerprint density at radius 3 is 2.50 bits per heavy atom. The number of aliphatic hydroxyl groups excluding tert-OH is 1. The summed E-state index contributed by atoms with van der Waals surface area (Å²) in [7, 11) is 0. The molecule has 0 aliphatic rings. The topological polar surface area (TPSA) is 94.6 Å². The molecule has 0 bridgehead atoms. The molecule has 0 saturated heterocycles. The van der Waals surface area contributed by atoms with E-state index < -0.39 is 35.9 Å². The molecule has 0 saturated carbocycles. The summed E-state index contributed by atoms with van der Waals surface area (Å²) in [6.07, 6.45) is 1.36. The summed E-state index contributed by atoms with van der Waals surface area (Å²) < 4.78 is 49.3. The van der Waals surface area contributed by atoms with Crippen molar-refractivity contribution in [2.75, 3.05) is 6.61 Å². The Kier molecular flexibility index (Phi) is 6.30. The van der Waals surface area contributed by atoms with Crippen LogP contribution in [0.4, 0.5) is 13.2 Å². The summed E-state index contributed by atoms with van der Waals surface area (Å²) in [6.45, 7) is 0.815. The minimum atomic E-state index is -1.32. The molecule has 3 N–H and O–H groups in total. The summed E-state index contributed by atoms with van der Waals surface area (Å²) in [5.74, 6) is -5.02. The number of halogens is 3. The van der Waals surface area contributed by atoms with E-state index in [1.54, 1.807) is 28.8 Å². The Morgan fingerprint density at radius 1 is 1.06 bits per heavy atom. The predicted octanol–water partition coefficient (Wildman–Crippen LogP) is 4.21. The van der Waals surface area contributed by atoms with Gasteiger partial charge < -0.3 is 20.1 Å².